The molecule has 6 heteroatoms. The zero-order valence-corrected chi connectivity index (χ0v) is 10.7. The van der Waals surface area contributed by atoms with Gasteiger partial charge in [-0.2, -0.15) is 0 Å². The van der Waals surface area contributed by atoms with Gasteiger partial charge in [0.1, 0.15) is 0 Å². The van der Waals surface area contributed by atoms with E-state index in [0.29, 0.717) is 6.42 Å². The molecule has 1 atom stereocenters. The Balaban J connectivity index is 2.24. The van der Waals surface area contributed by atoms with Gasteiger partial charge in [-0.15, -0.1) is 0 Å². The predicted molar refractivity (Wildman–Crippen MR) is 59.8 cm³/mol. The van der Waals surface area contributed by atoms with Gasteiger partial charge in [-0.3, -0.25) is 9.59 Å². The first kappa shape index (κ1) is 12.5. The largest absolute Gasteiger partial charge is 0.393 e. The molecule has 0 radical (unpaired) electrons. The van der Waals surface area contributed by atoms with E-state index in [4.69, 9.17) is 0 Å². The van der Waals surface area contributed by atoms with E-state index in [1.165, 1.54) is 0 Å². The van der Waals surface area contributed by atoms with E-state index in [1.54, 1.807) is 13.8 Å². The number of carbonyl (C=O) groups excluding carboxylic acids is 2. The SMILES string of the molecule is CC1(C)C(C2CC(=O)OC(=O)C2)CCS1(=O)=O. The lowest BCUT2D eigenvalue weighted by molar-refractivity contribution is -0.166. The Morgan fingerprint density at radius 1 is 1.18 bits per heavy atom. The molecular weight excluding hydrogens is 244 g/mol. The minimum atomic E-state index is -3.12. The second-order valence-corrected chi connectivity index (χ2v) is 8.02. The number of carbonyl (C=O) groups is 2. The van der Waals surface area contributed by atoms with Crippen LogP contribution >= 0.6 is 0 Å². The van der Waals surface area contributed by atoms with Crippen molar-refractivity contribution in [2.75, 3.05) is 5.75 Å². The minimum absolute atomic E-state index is 0.135. The normalized spacial score (nSPS) is 32.5. The Hall–Kier alpha value is -0.910. The van der Waals surface area contributed by atoms with E-state index in [0.717, 1.165) is 0 Å². The minimum Gasteiger partial charge on any atom is -0.393 e. The zero-order chi connectivity index (χ0) is 12.8. The third-order valence-corrected chi connectivity index (χ3v) is 6.73. The first-order chi connectivity index (χ1) is 7.74. The molecular formula is C11H16O5S. The topological polar surface area (TPSA) is 77.5 Å². The molecule has 2 fully saturated rings. The van der Waals surface area contributed by atoms with Crippen LogP contribution < -0.4 is 0 Å². The maximum atomic E-state index is 11.9. The van der Waals surface area contributed by atoms with Crippen molar-refractivity contribution in [1.82, 2.24) is 0 Å². The van der Waals surface area contributed by atoms with Crippen LogP contribution in [0.2, 0.25) is 0 Å². The third kappa shape index (κ3) is 1.99. The van der Waals surface area contributed by atoms with Crippen LogP contribution in [0.4, 0.5) is 0 Å². The van der Waals surface area contributed by atoms with Gasteiger partial charge in [-0.1, -0.05) is 0 Å². The second-order valence-electron chi connectivity index (χ2n) is 5.33. The van der Waals surface area contributed by atoms with Gasteiger partial charge < -0.3 is 4.74 Å². The van der Waals surface area contributed by atoms with Gasteiger partial charge in [-0.05, 0) is 32.1 Å². The van der Waals surface area contributed by atoms with Crippen LogP contribution in [0.3, 0.4) is 0 Å². The molecule has 0 spiro atoms. The number of ether oxygens (including phenoxy) is 1. The molecule has 2 saturated heterocycles. The van der Waals surface area contributed by atoms with Gasteiger partial charge in [0.2, 0.25) is 0 Å². The van der Waals surface area contributed by atoms with E-state index in [2.05, 4.69) is 4.74 Å². The molecule has 0 N–H and O–H groups in total. The van der Waals surface area contributed by atoms with Crippen molar-refractivity contribution in [3.05, 3.63) is 0 Å². The van der Waals surface area contributed by atoms with Gasteiger partial charge in [0.15, 0.2) is 9.84 Å². The zero-order valence-electron chi connectivity index (χ0n) is 9.93. The summed E-state index contributed by atoms with van der Waals surface area (Å²) in [6.45, 7) is 3.37. The summed E-state index contributed by atoms with van der Waals surface area (Å²) in [6.07, 6.45) is 0.825. The number of esters is 2. The molecule has 2 rings (SSSR count). The van der Waals surface area contributed by atoms with Crippen molar-refractivity contribution in [2.24, 2.45) is 11.8 Å². The van der Waals surface area contributed by atoms with Gasteiger partial charge >= 0.3 is 11.9 Å². The summed E-state index contributed by atoms with van der Waals surface area (Å²) in [7, 11) is -3.12. The molecule has 0 aromatic rings. The molecule has 2 aliphatic heterocycles. The summed E-state index contributed by atoms with van der Waals surface area (Å²) in [4.78, 5) is 22.4. The lowest BCUT2D eigenvalue weighted by Crippen LogP contribution is -2.41. The second kappa shape index (κ2) is 3.80. The number of hydrogen-bond donors (Lipinski definition) is 0. The Bertz CT molecular complexity index is 446. The Morgan fingerprint density at radius 3 is 2.12 bits per heavy atom. The van der Waals surface area contributed by atoms with Crippen LogP contribution in [0.15, 0.2) is 0 Å². The highest BCUT2D eigenvalue weighted by Gasteiger charge is 2.52. The van der Waals surface area contributed by atoms with Gasteiger partial charge in [0.25, 0.3) is 0 Å². The van der Waals surface area contributed by atoms with Crippen LogP contribution in [0, 0.1) is 11.8 Å². The van der Waals surface area contributed by atoms with E-state index in [9.17, 15) is 18.0 Å². The molecule has 0 aromatic carbocycles. The molecule has 0 bridgehead atoms. The highest BCUT2D eigenvalue weighted by Crippen LogP contribution is 2.44. The summed E-state index contributed by atoms with van der Waals surface area (Å²) in [5, 5.41) is 0. The molecule has 0 saturated carbocycles. The van der Waals surface area contributed by atoms with Crippen LogP contribution in [-0.2, 0) is 24.2 Å². The van der Waals surface area contributed by atoms with Crippen LogP contribution in [0.25, 0.3) is 0 Å². The van der Waals surface area contributed by atoms with Crippen molar-refractivity contribution in [3.8, 4) is 0 Å². The summed E-state index contributed by atoms with van der Waals surface area (Å²) >= 11 is 0. The average molecular weight is 260 g/mol. The van der Waals surface area contributed by atoms with E-state index < -0.39 is 26.5 Å². The third-order valence-electron chi connectivity index (χ3n) is 4.05. The van der Waals surface area contributed by atoms with Crippen LogP contribution in [-0.4, -0.2) is 30.9 Å². The highest BCUT2D eigenvalue weighted by molar-refractivity contribution is 7.93. The van der Waals surface area contributed by atoms with E-state index in [1.807, 2.05) is 0 Å². The summed E-state index contributed by atoms with van der Waals surface area (Å²) in [6, 6.07) is 0. The Labute approximate surface area is 100 Å². The maximum Gasteiger partial charge on any atom is 0.313 e. The van der Waals surface area contributed by atoms with Crippen molar-refractivity contribution in [1.29, 1.82) is 0 Å². The fraction of sp³-hybridized carbons (Fsp3) is 0.818. The van der Waals surface area contributed by atoms with E-state index >= 15 is 0 Å². The van der Waals surface area contributed by atoms with Crippen molar-refractivity contribution >= 4 is 21.8 Å². The fourth-order valence-corrected chi connectivity index (χ4v) is 4.78. The summed E-state index contributed by atoms with van der Waals surface area (Å²) < 4.78 is 27.4. The smallest absolute Gasteiger partial charge is 0.313 e. The molecule has 0 aliphatic carbocycles. The number of cyclic esters (lactones) is 2. The summed E-state index contributed by atoms with van der Waals surface area (Å²) in [5.74, 6) is -1.26. The molecule has 0 amide bonds. The van der Waals surface area contributed by atoms with Crippen LogP contribution in [0.5, 0.6) is 0 Å². The van der Waals surface area contributed by atoms with Gasteiger partial charge in [0.05, 0.1) is 10.5 Å². The Kier molecular flexibility index (Phi) is 2.80. The summed E-state index contributed by atoms with van der Waals surface area (Å²) in [5.41, 5.74) is 0. The van der Waals surface area contributed by atoms with Crippen molar-refractivity contribution in [2.45, 2.75) is 37.9 Å². The molecule has 2 aliphatic rings. The quantitative estimate of drug-likeness (QED) is 0.512. The fourth-order valence-electron chi connectivity index (χ4n) is 2.92. The van der Waals surface area contributed by atoms with Crippen LogP contribution in [0.1, 0.15) is 33.1 Å². The number of hydrogen-bond acceptors (Lipinski definition) is 5. The molecule has 5 nitrogen and oxygen atoms in total. The maximum absolute atomic E-state index is 11.9. The van der Waals surface area contributed by atoms with Gasteiger partial charge in [-0.25, -0.2) is 8.42 Å². The van der Waals surface area contributed by atoms with Crippen molar-refractivity contribution in [3.63, 3.8) is 0 Å². The first-order valence-electron chi connectivity index (χ1n) is 5.70. The molecule has 1 unspecified atom stereocenters. The molecule has 96 valence electrons. The predicted octanol–water partition coefficient (Wildman–Crippen LogP) is 0.679. The first-order valence-corrected chi connectivity index (χ1v) is 7.35. The van der Waals surface area contributed by atoms with Crippen molar-refractivity contribution < 1.29 is 22.7 Å². The lowest BCUT2D eigenvalue weighted by atomic mass is 9.77. The monoisotopic (exact) mass is 260 g/mol. The number of sulfone groups is 1. The van der Waals surface area contributed by atoms with E-state index in [-0.39, 0.29) is 30.4 Å². The molecule has 0 aromatic heterocycles. The lowest BCUT2D eigenvalue weighted by Gasteiger charge is -2.33. The average Bonchev–Trinajstić information content (AvgIpc) is 2.35. The molecule has 2 heterocycles. The Morgan fingerprint density at radius 2 is 1.71 bits per heavy atom. The highest BCUT2D eigenvalue weighted by atomic mass is 32.2. The molecule has 17 heavy (non-hydrogen) atoms. The standard InChI is InChI=1S/C11H16O5S/c1-11(2)8(3-4-17(11,14)15)7-5-9(12)16-10(13)6-7/h7-8H,3-6H2,1-2H3. The number of rotatable bonds is 1. The van der Waals surface area contributed by atoms with Gasteiger partial charge in [0, 0.05) is 12.8 Å².